The van der Waals surface area contributed by atoms with Gasteiger partial charge in [0.2, 0.25) is 10.0 Å². The van der Waals surface area contributed by atoms with Crippen LogP contribution in [-0.4, -0.2) is 26.8 Å². The number of hydrogen-bond acceptors (Lipinski definition) is 5. The highest BCUT2D eigenvalue weighted by Gasteiger charge is 2.17. The summed E-state index contributed by atoms with van der Waals surface area (Å²) in [4.78, 5) is 0.195. The highest BCUT2D eigenvalue weighted by molar-refractivity contribution is 7.89. The molecule has 0 unspecified atom stereocenters. The minimum Gasteiger partial charge on any atom is -0.397 e. The number of nitrogen functional groups attached to an aromatic ring is 1. The predicted octanol–water partition coefficient (Wildman–Crippen LogP) is 2.19. The van der Waals surface area contributed by atoms with Crippen molar-refractivity contribution in [2.75, 3.05) is 25.1 Å². The fourth-order valence-electron chi connectivity index (χ4n) is 1.66. The molecule has 0 saturated carbocycles. The Bertz CT molecular complexity index is 680. The summed E-state index contributed by atoms with van der Waals surface area (Å²) < 4.78 is 25.1. The first kappa shape index (κ1) is 14.8. The number of nitrogens with two attached hydrogens (primary N) is 1. The standard InChI is InChI=1S/C13H17N3O2S2/c1-16(2)20(17,18)11-3-4-13(12(14)7-11)15-8-10-5-6-19-9-10/h3-7,9,15H,8,14H2,1-2H3. The van der Waals surface area contributed by atoms with Crippen molar-refractivity contribution in [1.82, 2.24) is 4.31 Å². The Morgan fingerprint density at radius 2 is 2.05 bits per heavy atom. The molecule has 1 heterocycles. The summed E-state index contributed by atoms with van der Waals surface area (Å²) in [5.74, 6) is 0. The van der Waals surface area contributed by atoms with Crippen LogP contribution >= 0.6 is 11.3 Å². The Morgan fingerprint density at radius 1 is 1.30 bits per heavy atom. The second-order valence-electron chi connectivity index (χ2n) is 4.52. The average molecular weight is 311 g/mol. The molecule has 1 aromatic carbocycles. The molecule has 0 atom stereocenters. The van der Waals surface area contributed by atoms with Gasteiger partial charge in [-0.1, -0.05) is 0 Å². The quantitative estimate of drug-likeness (QED) is 0.830. The molecule has 0 saturated heterocycles. The fraction of sp³-hybridized carbons (Fsp3) is 0.231. The summed E-state index contributed by atoms with van der Waals surface area (Å²) >= 11 is 1.63. The molecule has 0 bridgehead atoms. The van der Waals surface area contributed by atoms with Crippen molar-refractivity contribution in [3.8, 4) is 0 Å². The van der Waals surface area contributed by atoms with Gasteiger partial charge in [-0.15, -0.1) is 0 Å². The summed E-state index contributed by atoms with van der Waals surface area (Å²) in [6.45, 7) is 0.660. The van der Waals surface area contributed by atoms with Crippen LogP contribution in [-0.2, 0) is 16.6 Å². The summed E-state index contributed by atoms with van der Waals surface area (Å²) in [6.07, 6.45) is 0. The zero-order chi connectivity index (χ0) is 14.8. The monoisotopic (exact) mass is 311 g/mol. The van der Waals surface area contributed by atoms with Crippen LogP contribution in [0.25, 0.3) is 0 Å². The van der Waals surface area contributed by atoms with E-state index in [0.717, 1.165) is 5.69 Å². The van der Waals surface area contributed by atoms with E-state index < -0.39 is 10.0 Å². The lowest BCUT2D eigenvalue weighted by molar-refractivity contribution is 0.521. The van der Waals surface area contributed by atoms with E-state index in [1.165, 1.54) is 30.0 Å². The normalized spacial score (nSPS) is 11.8. The number of sulfonamides is 1. The van der Waals surface area contributed by atoms with Gasteiger partial charge in [0.15, 0.2) is 0 Å². The SMILES string of the molecule is CN(C)S(=O)(=O)c1ccc(NCc2ccsc2)c(N)c1. The molecule has 2 rings (SSSR count). The van der Waals surface area contributed by atoms with Gasteiger partial charge < -0.3 is 11.1 Å². The molecule has 2 aromatic rings. The van der Waals surface area contributed by atoms with Gasteiger partial charge in [-0.3, -0.25) is 0 Å². The molecular formula is C13H17N3O2S2. The average Bonchev–Trinajstić information content (AvgIpc) is 2.90. The van der Waals surface area contributed by atoms with Crippen molar-refractivity contribution in [2.24, 2.45) is 0 Å². The number of rotatable bonds is 5. The van der Waals surface area contributed by atoms with Crippen LogP contribution in [0.3, 0.4) is 0 Å². The van der Waals surface area contributed by atoms with Gasteiger partial charge in [-0.2, -0.15) is 11.3 Å². The third-order valence-electron chi connectivity index (χ3n) is 2.86. The zero-order valence-corrected chi connectivity index (χ0v) is 13.0. The second-order valence-corrected chi connectivity index (χ2v) is 7.45. The van der Waals surface area contributed by atoms with Gasteiger partial charge in [-0.05, 0) is 40.6 Å². The lowest BCUT2D eigenvalue weighted by Crippen LogP contribution is -2.22. The van der Waals surface area contributed by atoms with Crippen molar-refractivity contribution < 1.29 is 8.42 Å². The van der Waals surface area contributed by atoms with Gasteiger partial charge in [-0.25, -0.2) is 12.7 Å². The molecule has 3 N–H and O–H groups in total. The largest absolute Gasteiger partial charge is 0.397 e. The van der Waals surface area contributed by atoms with Crippen molar-refractivity contribution in [2.45, 2.75) is 11.4 Å². The first-order valence-electron chi connectivity index (χ1n) is 5.98. The lowest BCUT2D eigenvalue weighted by Gasteiger charge is -2.14. The Labute approximate surface area is 123 Å². The van der Waals surface area contributed by atoms with Crippen molar-refractivity contribution in [3.05, 3.63) is 40.6 Å². The van der Waals surface area contributed by atoms with E-state index in [4.69, 9.17) is 5.73 Å². The number of thiophene rings is 1. The van der Waals surface area contributed by atoms with E-state index in [0.29, 0.717) is 12.2 Å². The number of hydrogen-bond donors (Lipinski definition) is 2. The number of benzene rings is 1. The van der Waals surface area contributed by atoms with Gasteiger partial charge in [0.1, 0.15) is 0 Å². The van der Waals surface area contributed by atoms with E-state index >= 15 is 0 Å². The highest BCUT2D eigenvalue weighted by Crippen LogP contribution is 2.24. The molecule has 0 spiro atoms. The summed E-state index contributed by atoms with van der Waals surface area (Å²) in [5, 5.41) is 7.25. The first-order valence-corrected chi connectivity index (χ1v) is 8.36. The summed E-state index contributed by atoms with van der Waals surface area (Å²) in [6, 6.07) is 6.75. The summed E-state index contributed by atoms with van der Waals surface area (Å²) in [5.41, 5.74) is 8.23. The fourth-order valence-corrected chi connectivity index (χ4v) is 3.27. The lowest BCUT2D eigenvalue weighted by atomic mass is 10.2. The number of nitrogens with zero attached hydrogens (tertiary/aromatic N) is 1. The van der Waals surface area contributed by atoms with E-state index in [9.17, 15) is 8.42 Å². The maximum Gasteiger partial charge on any atom is 0.242 e. The van der Waals surface area contributed by atoms with E-state index in [-0.39, 0.29) is 4.90 Å². The van der Waals surface area contributed by atoms with Crippen molar-refractivity contribution in [3.63, 3.8) is 0 Å². The first-order chi connectivity index (χ1) is 9.41. The minimum atomic E-state index is -3.45. The molecule has 1 aromatic heterocycles. The Hall–Kier alpha value is -1.57. The van der Waals surface area contributed by atoms with Gasteiger partial charge in [0.05, 0.1) is 16.3 Å². The third-order valence-corrected chi connectivity index (χ3v) is 5.41. The Kier molecular flexibility index (Phi) is 4.32. The number of nitrogens with one attached hydrogen (secondary N) is 1. The number of anilines is 2. The predicted molar refractivity (Wildman–Crippen MR) is 83.4 cm³/mol. The highest BCUT2D eigenvalue weighted by atomic mass is 32.2. The molecule has 0 aliphatic heterocycles. The molecule has 20 heavy (non-hydrogen) atoms. The molecule has 0 aliphatic rings. The molecular weight excluding hydrogens is 294 g/mol. The van der Waals surface area contributed by atoms with Crippen LogP contribution in [0.4, 0.5) is 11.4 Å². The van der Waals surface area contributed by atoms with Crippen LogP contribution < -0.4 is 11.1 Å². The Balaban J connectivity index is 2.18. The topological polar surface area (TPSA) is 75.4 Å². The van der Waals surface area contributed by atoms with Crippen LogP contribution in [0.2, 0.25) is 0 Å². The molecule has 0 radical (unpaired) electrons. The van der Waals surface area contributed by atoms with E-state index in [2.05, 4.69) is 5.32 Å². The zero-order valence-electron chi connectivity index (χ0n) is 11.3. The molecule has 108 valence electrons. The van der Waals surface area contributed by atoms with Crippen LogP contribution in [0.15, 0.2) is 39.9 Å². The summed E-state index contributed by atoms with van der Waals surface area (Å²) in [7, 11) is -0.458. The maximum absolute atomic E-state index is 12.0. The molecule has 5 nitrogen and oxygen atoms in total. The maximum atomic E-state index is 12.0. The van der Waals surface area contributed by atoms with Gasteiger partial charge in [0, 0.05) is 20.6 Å². The van der Waals surface area contributed by atoms with Crippen LogP contribution in [0.1, 0.15) is 5.56 Å². The molecule has 7 heteroatoms. The van der Waals surface area contributed by atoms with Crippen molar-refractivity contribution >= 4 is 32.7 Å². The molecule has 0 fully saturated rings. The second kappa shape index (κ2) is 5.82. The third kappa shape index (κ3) is 3.12. The van der Waals surface area contributed by atoms with Gasteiger partial charge >= 0.3 is 0 Å². The minimum absolute atomic E-state index is 0.195. The molecule has 0 amide bonds. The van der Waals surface area contributed by atoms with Crippen molar-refractivity contribution in [1.29, 1.82) is 0 Å². The Morgan fingerprint density at radius 3 is 2.60 bits per heavy atom. The van der Waals surface area contributed by atoms with Crippen LogP contribution in [0, 0.1) is 0 Å². The van der Waals surface area contributed by atoms with Gasteiger partial charge in [0.25, 0.3) is 0 Å². The molecule has 0 aliphatic carbocycles. The van der Waals surface area contributed by atoms with E-state index in [1.54, 1.807) is 23.5 Å². The van der Waals surface area contributed by atoms with E-state index in [1.807, 2.05) is 16.8 Å². The van der Waals surface area contributed by atoms with Crippen LogP contribution in [0.5, 0.6) is 0 Å². The smallest absolute Gasteiger partial charge is 0.242 e.